The van der Waals surface area contributed by atoms with Crippen molar-refractivity contribution in [1.82, 2.24) is 5.32 Å². The second-order valence-corrected chi connectivity index (χ2v) is 6.52. The van der Waals surface area contributed by atoms with E-state index in [4.69, 9.17) is 4.74 Å². The smallest absolute Gasteiger partial charge is 0.408 e. The summed E-state index contributed by atoms with van der Waals surface area (Å²) in [5.41, 5.74) is -0.338. The van der Waals surface area contributed by atoms with Crippen molar-refractivity contribution in [3.63, 3.8) is 0 Å². The topological polar surface area (TPSA) is 87.7 Å². The molecule has 0 spiro atoms. The number of benzene rings is 1. The van der Waals surface area contributed by atoms with Gasteiger partial charge in [0.25, 0.3) is 0 Å². The maximum Gasteiger partial charge on any atom is 0.408 e. The number of phenolic OH excluding ortho intramolecular Hbond substituents is 1. The molecule has 0 bridgehead atoms. The molecule has 0 aliphatic rings. The lowest BCUT2D eigenvalue weighted by molar-refractivity contribution is -0.119. The molecule has 6 nitrogen and oxygen atoms in total. The summed E-state index contributed by atoms with van der Waals surface area (Å²) in [5, 5.41) is 15.0. The van der Waals surface area contributed by atoms with Crippen LogP contribution < -0.4 is 10.6 Å². The lowest BCUT2D eigenvalue weighted by Gasteiger charge is -2.26. The number of carbonyl (C=O) groups excluding carboxylic acids is 2. The summed E-state index contributed by atoms with van der Waals surface area (Å²) < 4.78 is 5.21. The van der Waals surface area contributed by atoms with Crippen LogP contribution >= 0.6 is 0 Å². The highest BCUT2D eigenvalue weighted by Gasteiger charge is 2.28. The number of rotatable bonds is 5. The van der Waals surface area contributed by atoms with Crippen LogP contribution in [-0.4, -0.2) is 28.7 Å². The Kier molecular flexibility index (Phi) is 6.42. The second-order valence-electron chi connectivity index (χ2n) is 6.52. The molecular weight excluding hydrogens is 296 g/mol. The quantitative estimate of drug-likeness (QED) is 0.726. The molecule has 0 aliphatic heterocycles. The number of hydrogen-bond donors (Lipinski definition) is 3. The Morgan fingerprint density at radius 1 is 1.26 bits per heavy atom. The van der Waals surface area contributed by atoms with Gasteiger partial charge in [-0.25, -0.2) is 4.79 Å². The van der Waals surface area contributed by atoms with Crippen molar-refractivity contribution < 1.29 is 19.4 Å². The van der Waals surface area contributed by atoms with Gasteiger partial charge in [0.05, 0.1) is 5.69 Å². The zero-order valence-corrected chi connectivity index (χ0v) is 14.3. The largest absolute Gasteiger partial charge is 0.506 e. The highest BCUT2D eigenvalue weighted by molar-refractivity contribution is 5.97. The Morgan fingerprint density at radius 3 is 2.39 bits per heavy atom. The molecule has 0 aliphatic carbocycles. The zero-order chi connectivity index (χ0) is 17.6. The molecule has 0 fully saturated rings. The van der Waals surface area contributed by atoms with Crippen LogP contribution in [0.2, 0.25) is 0 Å². The van der Waals surface area contributed by atoms with Gasteiger partial charge in [0.2, 0.25) is 5.91 Å². The first kappa shape index (κ1) is 18.8. The molecule has 0 radical (unpaired) electrons. The van der Waals surface area contributed by atoms with Crippen LogP contribution in [0.3, 0.4) is 0 Å². The fourth-order valence-corrected chi connectivity index (χ4v) is 1.93. The third-order valence-corrected chi connectivity index (χ3v) is 3.33. The number of anilines is 1. The molecule has 0 saturated carbocycles. The lowest BCUT2D eigenvalue weighted by atomic mass is 9.98. The summed E-state index contributed by atoms with van der Waals surface area (Å²) in [6.07, 6.45) is 0.0597. The highest BCUT2D eigenvalue weighted by atomic mass is 16.6. The molecule has 1 aromatic rings. The summed E-state index contributed by atoms with van der Waals surface area (Å²) in [5.74, 6) is -0.513. The molecule has 2 unspecified atom stereocenters. The number of alkyl carbamates (subject to hydrolysis) is 1. The van der Waals surface area contributed by atoms with Crippen LogP contribution in [-0.2, 0) is 9.53 Å². The fraction of sp³-hybridized carbons (Fsp3) is 0.529. The Bertz CT molecular complexity index is 552. The van der Waals surface area contributed by atoms with E-state index in [1.165, 1.54) is 6.07 Å². The Hall–Kier alpha value is -2.24. The van der Waals surface area contributed by atoms with Gasteiger partial charge in [-0.15, -0.1) is 0 Å². The monoisotopic (exact) mass is 322 g/mol. The van der Waals surface area contributed by atoms with Crippen LogP contribution in [0.5, 0.6) is 5.75 Å². The number of carbonyl (C=O) groups is 2. The average Bonchev–Trinajstić information content (AvgIpc) is 2.44. The molecule has 2 amide bonds. The number of aromatic hydroxyl groups is 1. The zero-order valence-electron chi connectivity index (χ0n) is 14.3. The molecule has 0 heterocycles. The second kappa shape index (κ2) is 7.85. The van der Waals surface area contributed by atoms with Gasteiger partial charge in [0.15, 0.2) is 0 Å². The predicted octanol–water partition coefficient (Wildman–Crippen LogP) is 3.27. The van der Waals surface area contributed by atoms with E-state index in [0.29, 0.717) is 12.1 Å². The van der Waals surface area contributed by atoms with E-state index in [9.17, 15) is 14.7 Å². The van der Waals surface area contributed by atoms with Crippen molar-refractivity contribution in [1.29, 1.82) is 0 Å². The van der Waals surface area contributed by atoms with Crippen molar-refractivity contribution in [2.24, 2.45) is 5.92 Å². The van der Waals surface area contributed by atoms with Crippen molar-refractivity contribution in [3.05, 3.63) is 24.3 Å². The first-order valence-electron chi connectivity index (χ1n) is 7.72. The van der Waals surface area contributed by atoms with Crippen LogP contribution in [0.4, 0.5) is 10.5 Å². The highest BCUT2D eigenvalue weighted by Crippen LogP contribution is 2.22. The van der Waals surface area contributed by atoms with E-state index >= 15 is 0 Å². The number of amides is 2. The Morgan fingerprint density at radius 2 is 1.87 bits per heavy atom. The standard InChI is InChI=1S/C17H26N2O4/c1-6-11(2)14(19-16(22)23-17(3,4)5)15(21)18-12-9-7-8-10-13(12)20/h7-11,14,20H,6H2,1-5H3,(H,18,21)(H,19,22). The fourth-order valence-electron chi connectivity index (χ4n) is 1.93. The van der Waals surface area contributed by atoms with Gasteiger partial charge < -0.3 is 20.5 Å². The maximum absolute atomic E-state index is 12.5. The minimum Gasteiger partial charge on any atom is -0.506 e. The third kappa shape index (κ3) is 6.18. The molecule has 0 saturated heterocycles. The van der Waals surface area contributed by atoms with Crippen molar-refractivity contribution in [3.8, 4) is 5.75 Å². The third-order valence-electron chi connectivity index (χ3n) is 3.33. The minimum absolute atomic E-state index is 0.0268. The molecular formula is C17H26N2O4. The number of phenols is 1. The van der Waals surface area contributed by atoms with E-state index in [1.807, 2.05) is 13.8 Å². The molecule has 0 aromatic heterocycles. The van der Waals surface area contributed by atoms with Gasteiger partial charge in [-0.3, -0.25) is 4.79 Å². The Labute approximate surface area is 137 Å². The van der Waals surface area contributed by atoms with Gasteiger partial charge in [-0.1, -0.05) is 32.4 Å². The first-order valence-corrected chi connectivity index (χ1v) is 7.72. The van der Waals surface area contributed by atoms with Crippen LogP contribution in [0.25, 0.3) is 0 Å². The molecule has 1 aromatic carbocycles. The normalized spacial score (nSPS) is 13.8. The minimum atomic E-state index is -0.755. The molecule has 6 heteroatoms. The van der Waals surface area contributed by atoms with E-state index < -0.39 is 23.6 Å². The van der Waals surface area contributed by atoms with E-state index in [2.05, 4.69) is 10.6 Å². The Balaban J connectivity index is 2.83. The summed E-state index contributed by atoms with van der Waals surface area (Å²) in [6, 6.07) is 5.68. The van der Waals surface area contributed by atoms with Crippen LogP contribution in [0.15, 0.2) is 24.3 Å². The number of ether oxygens (including phenoxy) is 1. The maximum atomic E-state index is 12.5. The first-order chi connectivity index (χ1) is 10.6. The van der Waals surface area contributed by atoms with Gasteiger partial charge in [-0.05, 0) is 38.8 Å². The molecule has 1 rings (SSSR count). The molecule has 3 N–H and O–H groups in total. The summed E-state index contributed by atoms with van der Waals surface area (Å²) >= 11 is 0. The van der Waals surface area contributed by atoms with Gasteiger partial charge in [-0.2, -0.15) is 0 Å². The van der Waals surface area contributed by atoms with Crippen molar-refractivity contribution >= 4 is 17.7 Å². The number of nitrogens with one attached hydrogen (secondary N) is 2. The van der Waals surface area contributed by atoms with E-state index in [-0.39, 0.29) is 11.7 Å². The van der Waals surface area contributed by atoms with Gasteiger partial charge in [0.1, 0.15) is 17.4 Å². The summed E-state index contributed by atoms with van der Waals surface area (Å²) in [7, 11) is 0. The summed E-state index contributed by atoms with van der Waals surface area (Å²) in [4.78, 5) is 24.4. The number of para-hydroxylation sites is 2. The van der Waals surface area contributed by atoms with Crippen LogP contribution in [0.1, 0.15) is 41.0 Å². The average molecular weight is 322 g/mol. The molecule has 23 heavy (non-hydrogen) atoms. The van der Waals surface area contributed by atoms with Crippen molar-refractivity contribution in [2.45, 2.75) is 52.7 Å². The van der Waals surface area contributed by atoms with Crippen LogP contribution in [0, 0.1) is 5.92 Å². The van der Waals surface area contributed by atoms with Crippen molar-refractivity contribution in [2.75, 3.05) is 5.32 Å². The SMILES string of the molecule is CCC(C)C(NC(=O)OC(C)(C)C)C(=O)Nc1ccccc1O. The van der Waals surface area contributed by atoms with Gasteiger partial charge in [0, 0.05) is 0 Å². The van der Waals surface area contributed by atoms with E-state index in [0.717, 1.165) is 0 Å². The summed E-state index contributed by atoms with van der Waals surface area (Å²) in [6.45, 7) is 9.07. The lowest BCUT2D eigenvalue weighted by Crippen LogP contribution is -2.49. The molecule has 2 atom stereocenters. The van der Waals surface area contributed by atoms with Gasteiger partial charge >= 0.3 is 6.09 Å². The molecule has 128 valence electrons. The predicted molar refractivity (Wildman–Crippen MR) is 89.3 cm³/mol. The van der Waals surface area contributed by atoms with E-state index in [1.54, 1.807) is 39.0 Å². The number of hydrogen-bond acceptors (Lipinski definition) is 4.